The van der Waals surface area contributed by atoms with Crippen LogP contribution in [0.3, 0.4) is 0 Å². The van der Waals surface area contributed by atoms with E-state index in [9.17, 15) is 23.3 Å². The van der Waals surface area contributed by atoms with Crippen LogP contribution >= 0.6 is 0 Å². The van der Waals surface area contributed by atoms with E-state index in [0.717, 1.165) is 10.4 Å². The Morgan fingerprint density at radius 2 is 1.93 bits per heavy atom. The number of alkyl carbamates (subject to hydrolysis) is 1. The van der Waals surface area contributed by atoms with E-state index >= 15 is 0 Å². The molecule has 0 bridgehead atoms. The van der Waals surface area contributed by atoms with Crippen LogP contribution in [0.25, 0.3) is 0 Å². The van der Waals surface area contributed by atoms with Gasteiger partial charge in [0.25, 0.3) is 5.69 Å². The van der Waals surface area contributed by atoms with Crippen LogP contribution in [0, 0.1) is 10.1 Å². The average Bonchev–Trinajstić information content (AvgIpc) is 2.74. The Labute approximate surface area is 170 Å². The Balaban J connectivity index is 2.35. The summed E-state index contributed by atoms with van der Waals surface area (Å²) in [5.41, 5.74) is -1.22. The minimum absolute atomic E-state index is 0.0769. The Hall–Kier alpha value is -2.24. The van der Waals surface area contributed by atoms with E-state index in [1.165, 1.54) is 18.2 Å². The highest BCUT2D eigenvalue weighted by atomic mass is 32.2. The van der Waals surface area contributed by atoms with Gasteiger partial charge in [-0.25, -0.2) is 13.2 Å². The topological polar surface area (TPSA) is 128 Å². The number of sulfonamides is 1. The number of para-hydroxylation sites is 1. The summed E-state index contributed by atoms with van der Waals surface area (Å²) in [6, 6.07) is 3.88. The first-order chi connectivity index (χ1) is 13.3. The smallest absolute Gasteiger partial charge is 0.408 e. The van der Waals surface area contributed by atoms with Gasteiger partial charge < -0.3 is 14.8 Å². The van der Waals surface area contributed by atoms with Crippen LogP contribution in [0.1, 0.15) is 34.6 Å². The van der Waals surface area contributed by atoms with Gasteiger partial charge in [-0.1, -0.05) is 12.1 Å². The van der Waals surface area contributed by atoms with Crippen molar-refractivity contribution in [3.05, 3.63) is 34.4 Å². The Morgan fingerprint density at radius 1 is 1.31 bits per heavy atom. The van der Waals surface area contributed by atoms with E-state index in [2.05, 4.69) is 5.32 Å². The van der Waals surface area contributed by atoms with Gasteiger partial charge >= 0.3 is 6.09 Å². The summed E-state index contributed by atoms with van der Waals surface area (Å²) >= 11 is 0. The van der Waals surface area contributed by atoms with Gasteiger partial charge in [-0.2, -0.15) is 4.31 Å². The lowest BCUT2D eigenvalue weighted by molar-refractivity contribution is -0.387. The number of nitrogens with one attached hydrogen (secondary N) is 1. The first-order valence-electron chi connectivity index (χ1n) is 9.19. The molecule has 1 fully saturated rings. The molecule has 0 radical (unpaired) electrons. The molecule has 1 amide bonds. The lowest BCUT2D eigenvalue weighted by atomic mass is 10.2. The maximum Gasteiger partial charge on any atom is 0.408 e. The number of hydrogen-bond acceptors (Lipinski definition) is 7. The fourth-order valence-electron chi connectivity index (χ4n) is 2.92. The standard InChI is InChI=1S/C18H27N3O7S/c1-12-11-27-13(2)14(19-17(22)28-18(3,4)5)10-20(12)29(25,26)16-9-7-6-8-15(16)21(23)24/h6-9,12-14H,10-11H2,1-5H3,(H,19,22)/t12-,13-,14-/m1/s1. The number of amides is 1. The predicted molar refractivity (Wildman–Crippen MR) is 105 cm³/mol. The van der Waals surface area contributed by atoms with Crippen LogP contribution in [-0.4, -0.2) is 60.7 Å². The van der Waals surface area contributed by atoms with Crippen molar-refractivity contribution in [3.8, 4) is 0 Å². The Morgan fingerprint density at radius 3 is 2.52 bits per heavy atom. The zero-order valence-electron chi connectivity index (χ0n) is 17.1. The molecular weight excluding hydrogens is 402 g/mol. The highest BCUT2D eigenvalue weighted by molar-refractivity contribution is 7.89. The number of nitrogens with zero attached hydrogens (tertiary/aromatic N) is 2. The minimum atomic E-state index is -4.22. The number of nitro groups is 1. The van der Waals surface area contributed by atoms with Gasteiger partial charge in [0.2, 0.25) is 10.0 Å². The molecule has 1 N–H and O–H groups in total. The van der Waals surface area contributed by atoms with Gasteiger partial charge in [-0.3, -0.25) is 10.1 Å². The number of hydrogen-bond donors (Lipinski definition) is 1. The van der Waals surface area contributed by atoms with Crippen molar-refractivity contribution >= 4 is 21.8 Å². The van der Waals surface area contributed by atoms with Crippen molar-refractivity contribution in [2.24, 2.45) is 0 Å². The molecule has 1 aliphatic heterocycles. The highest BCUT2D eigenvalue weighted by Crippen LogP contribution is 2.29. The summed E-state index contributed by atoms with van der Waals surface area (Å²) in [5, 5.41) is 14.0. The van der Waals surface area contributed by atoms with Crippen LogP contribution < -0.4 is 5.32 Å². The van der Waals surface area contributed by atoms with E-state index in [-0.39, 0.29) is 13.2 Å². The summed E-state index contributed by atoms with van der Waals surface area (Å²) in [7, 11) is -4.22. The molecule has 0 unspecified atom stereocenters. The van der Waals surface area contributed by atoms with E-state index in [4.69, 9.17) is 9.47 Å². The second-order valence-corrected chi connectivity index (χ2v) is 9.80. The molecule has 29 heavy (non-hydrogen) atoms. The average molecular weight is 429 g/mol. The Kier molecular flexibility index (Phi) is 6.86. The van der Waals surface area contributed by atoms with Crippen molar-refractivity contribution in [2.75, 3.05) is 13.2 Å². The third kappa shape index (κ3) is 5.64. The van der Waals surface area contributed by atoms with E-state index < -0.39 is 55.4 Å². The number of benzene rings is 1. The molecule has 162 valence electrons. The molecule has 0 spiro atoms. The molecule has 2 rings (SSSR count). The first-order valence-corrected chi connectivity index (χ1v) is 10.6. The van der Waals surface area contributed by atoms with Gasteiger partial charge in [0.1, 0.15) is 5.60 Å². The third-order valence-electron chi connectivity index (χ3n) is 4.39. The fraction of sp³-hybridized carbons (Fsp3) is 0.611. The molecule has 1 heterocycles. The van der Waals surface area contributed by atoms with E-state index in [1.807, 2.05) is 0 Å². The molecule has 10 nitrogen and oxygen atoms in total. The minimum Gasteiger partial charge on any atom is -0.444 e. The quantitative estimate of drug-likeness (QED) is 0.574. The summed E-state index contributed by atoms with van der Waals surface area (Å²) in [6.45, 7) is 8.47. The zero-order chi connectivity index (χ0) is 22.0. The molecule has 0 aliphatic carbocycles. The number of carbonyl (C=O) groups is 1. The molecule has 11 heteroatoms. The van der Waals surface area contributed by atoms with Crippen LogP contribution in [0.2, 0.25) is 0 Å². The maximum atomic E-state index is 13.3. The molecule has 1 saturated heterocycles. The van der Waals surface area contributed by atoms with E-state index in [0.29, 0.717) is 0 Å². The van der Waals surface area contributed by atoms with Gasteiger partial charge in [0.05, 0.1) is 23.7 Å². The van der Waals surface area contributed by atoms with Gasteiger partial charge in [0, 0.05) is 18.7 Å². The SMILES string of the molecule is C[C@@H]1CO[C@H](C)[C@H](NC(=O)OC(C)(C)C)CN1S(=O)(=O)c1ccccc1[N+](=O)[O-]. The van der Waals surface area contributed by atoms with Crippen molar-refractivity contribution in [1.82, 2.24) is 9.62 Å². The second kappa shape index (κ2) is 8.64. The summed E-state index contributed by atoms with van der Waals surface area (Å²) in [4.78, 5) is 22.4. The van der Waals surface area contributed by atoms with Gasteiger partial charge in [-0.05, 0) is 40.7 Å². The summed E-state index contributed by atoms with van der Waals surface area (Å²) in [5.74, 6) is 0. The summed E-state index contributed by atoms with van der Waals surface area (Å²) < 4.78 is 38.6. The van der Waals surface area contributed by atoms with Crippen LogP contribution in [0.4, 0.5) is 10.5 Å². The molecule has 3 atom stereocenters. The molecule has 0 saturated carbocycles. The molecule has 1 aromatic rings. The number of ether oxygens (including phenoxy) is 2. The van der Waals surface area contributed by atoms with Gasteiger partial charge in [0.15, 0.2) is 4.90 Å². The lowest BCUT2D eigenvalue weighted by Crippen LogP contribution is -2.51. The Bertz CT molecular complexity index is 866. The molecule has 1 aliphatic rings. The van der Waals surface area contributed by atoms with Crippen molar-refractivity contribution in [1.29, 1.82) is 0 Å². The largest absolute Gasteiger partial charge is 0.444 e. The lowest BCUT2D eigenvalue weighted by Gasteiger charge is -2.29. The maximum absolute atomic E-state index is 13.3. The monoisotopic (exact) mass is 429 g/mol. The van der Waals surface area contributed by atoms with Crippen molar-refractivity contribution in [2.45, 2.75) is 63.3 Å². The highest BCUT2D eigenvalue weighted by Gasteiger charge is 2.40. The van der Waals surface area contributed by atoms with E-state index in [1.54, 1.807) is 34.6 Å². The van der Waals surface area contributed by atoms with Crippen LogP contribution in [0.15, 0.2) is 29.2 Å². The second-order valence-electron chi connectivity index (χ2n) is 7.94. The fourth-order valence-corrected chi connectivity index (χ4v) is 4.72. The predicted octanol–water partition coefficient (Wildman–Crippen LogP) is 2.29. The molecule has 0 aromatic heterocycles. The number of nitro benzene ring substituents is 1. The molecular formula is C18H27N3O7S. The van der Waals surface area contributed by atoms with Crippen LogP contribution in [0.5, 0.6) is 0 Å². The van der Waals surface area contributed by atoms with Crippen molar-refractivity contribution < 1.29 is 27.6 Å². The number of carbonyl (C=O) groups excluding carboxylic acids is 1. The van der Waals surface area contributed by atoms with Gasteiger partial charge in [-0.15, -0.1) is 0 Å². The first kappa shape index (κ1) is 23.0. The number of rotatable bonds is 4. The summed E-state index contributed by atoms with van der Waals surface area (Å²) in [6.07, 6.45) is -1.19. The van der Waals surface area contributed by atoms with Crippen LogP contribution in [-0.2, 0) is 19.5 Å². The van der Waals surface area contributed by atoms with Crippen molar-refractivity contribution in [3.63, 3.8) is 0 Å². The third-order valence-corrected chi connectivity index (χ3v) is 6.41. The normalized spacial score (nSPS) is 23.8. The zero-order valence-corrected chi connectivity index (χ0v) is 17.9. The molecule has 1 aromatic carbocycles.